The first-order valence-electron chi connectivity index (χ1n) is 6.41. The number of aryl methyl sites for hydroxylation is 3. The fraction of sp³-hybridized carbons (Fsp3) is 0.467. The van der Waals surface area contributed by atoms with Gasteiger partial charge in [-0.3, -0.25) is 0 Å². The molecule has 0 amide bonds. The summed E-state index contributed by atoms with van der Waals surface area (Å²) in [6, 6.07) is 8.96. The molecule has 2 nitrogen and oxygen atoms in total. The quantitative estimate of drug-likeness (QED) is 0.860. The molecule has 1 aromatic carbocycles. The molecule has 90 valence electrons. The van der Waals surface area contributed by atoms with E-state index in [0.29, 0.717) is 0 Å². The van der Waals surface area contributed by atoms with Crippen LogP contribution >= 0.6 is 0 Å². The van der Waals surface area contributed by atoms with E-state index in [1.165, 1.54) is 35.0 Å². The van der Waals surface area contributed by atoms with Gasteiger partial charge in [-0.25, -0.2) is 0 Å². The lowest BCUT2D eigenvalue weighted by Crippen LogP contribution is -2.22. The molecule has 1 saturated carbocycles. The van der Waals surface area contributed by atoms with Crippen molar-refractivity contribution < 1.29 is 0 Å². The zero-order valence-corrected chi connectivity index (χ0v) is 10.7. The molecule has 0 atom stereocenters. The van der Waals surface area contributed by atoms with Crippen molar-refractivity contribution in [2.45, 2.75) is 38.1 Å². The van der Waals surface area contributed by atoms with Gasteiger partial charge in [0.15, 0.2) is 0 Å². The number of aromatic nitrogens is 1. The van der Waals surface area contributed by atoms with Crippen molar-refractivity contribution in [3.63, 3.8) is 0 Å². The summed E-state index contributed by atoms with van der Waals surface area (Å²) in [7, 11) is 2.16. The monoisotopic (exact) mass is 228 g/mol. The molecule has 1 heterocycles. The molecule has 0 spiro atoms. The van der Waals surface area contributed by atoms with E-state index in [4.69, 9.17) is 5.73 Å². The van der Waals surface area contributed by atoms with Crippen LogP contribution < -0.4 is 5.73 Å². The fourth-order valence-electron chi connectivity index (χ4n) is 2.55. The minimum atomic E-state index is 0.159. The molecule has 2 heteroatoms. The molecule has 0 bridgehead atoms. The summed E-state index contributed by atoms with van der Waals surface area (Å²) in [6.45, 7) is 2.14. The van der Waals surface area contributed by atoms with Crippen LogP contribution in [-0.4, -0.2) is 10.1 Å². The molecule has 17 heavy (non-hydrogen) atoms. The number of hydrogen-bond donors (Lipinski definition) is 1. The smallest absolute Gasteiger partial charge is 0.0480 e. The maximum absolute atomic E-state index is 6.15. The summed E-state index contributed by atoms with van der Waals surface area (Å²) < 4.78 is 2.31. The van der Waals surface area contributed by atoms with Gasteiger partial charge in [0.1, 0.15) is 0 Å². The highest BCUT2D eigenvalue weighted by Crippen LogP contribution is 2.36. The normalized spacial score (nSPS) is 17.6. The second kappa shape index (κ2) is 3.61. The lowest BCUT2D eigenvalue weighted by molar-refractivity contribution is 0.596. The Kier molecular flexibility index (Phi) is 2.30. The summed E-state index contributed by atoms with van der Waals surface area (Å²) in [5, 5.41) is 1.35. The highest BCUT2D eigenvalue weighted by molar-refractivity contribution is 5.82. The van der Waals surface area contributed by atoms with Crippen LogP contribution in [0.15, 0.2) is 24.3 Å². The third kappa shape index (κ3) is 1.98. The van der Waals surface area contributed by atoms with Crippen molar-refractivity contribution in [2.75, 3.05) is 0 Å². The van der Waals surface area contributed by atoms with Crippen molar-refractivity contribution in [3.05, 3.63) is 35.5 Å². The van der Waals surface area contributed by atoms with Gasteiger partial charge in [-0.2, -0.15) is 0 Å². The molecule has 0 radical (unpaired) electrons. The van der Waals surface area contributed by atoms with Gasteiger partial charge in [0.2, 0.25) is 0 Å². The van der Waals surface area contributed by atoms with Gasteiger partial charge in [0.05, 0.1) is 0 Å². The molecular formula is C15H20N2. The average molecular weight is 228 g/mol. The molecule has 2 N–H and O–H groups in total. The molecule has 1 aliphatic carbocycles. The molecule has 1 aliphatic rings. The van der Waals surface area contributed by atoms with Gasteiger partial charge in [-0.05, 0) is 50.8 Å². The lowest BCUT2D eigenvalue weighted by atomic mass is 10.1. The highest BCUT2D eigenvalue weighted by atomic mass is 14.9. The van der Waals surface area contributed by atoms with Crippen LogP contribution in [0.4, 0.5) is 0 Å². The fourth-order valence-corrected chi connectivity index (χ4v) is 2.55. The Hall–Kier alpha value is -1.28. The van der Waals surface area contributed by atoms with E-state index in [2.05, 4.69) is 42.8 Å². The average Bonchev–Trinajstić information content (AvgIpc) is 2.94. The van der Waals surface area contributed by atoms with E-state index in [1.54, 1.807) is 0 Å². The van der Waals surface area contributed by atoms with Crippen molar-refractivity contribution in [2.24, 2.45) is 12.8 Å². The summed E-state index contributed by atoms with van der Waals surface area (Å²) in [5.74, 6) is 0. The minimum absolute atomic E-state index is 0.159. The Balaban J connectivity index is 1.91. The van der Waals surface area contributed by atoms with Gasteiger partial charge in [0.25, 0.3) is 0 Å². The molecule has 0 saturated heterocycles. The van der Waals surface area contributed by atoms with Gasteiger partial charge < -0.3 is 10.3 Å². The maximum atomic E-state index is 6.15. The van der Waals surface area contributed by atoms with E-state index in [-0.39, 0.29) is 5.54 Å². The topological polar surface area (TPSA) is 30.9 Å². The summed E-state index contributed by atoms with van der Waals surface area (Å²) in [6.07, 6.45) is 4.63. The van der Waals surface area contributed by atoms with Gasteiger partial charge in [-0.1, -0.05) is 11.6 Å². The van der Waals surface area contributed by atoms with Crippen molar-refractivity contribution >= 4 is 10.9 Å². The van der Waals surface area contributed by atoms with Crippen LogP contribution in [0.2, 0.25) is 0 Å². The Labute approximate surface area is 102 Å². The summed E-state index contributed by atoms with van der Waals surface area (Å²) in [5.41, 5.74) is 10.4. The first-order chi connectivity index (χ1) is 8.07. The third-order valence-corrected chi connectivity index (χ3v) is 4.07. The third-order valence-electron chi connectivity index (χ3n) is 4.07. The van der Waals surface area contributed by atoms with Crippen molar-refractivity contribution in [1.29, 1.82) is 0 Å². The zero-order chi connectivity index (χ0) is 12.0. The second-order valence-electron chi connectivity index (χ2n) is 5.62. The van der Waals surface area contributed by atoms with Crippen LogP contribution in [0, 0.1) is 6.92 Å². The Bertz CT molecular complexity index is 562. The maximum Gasteiger partial charge on any atom is 0.0480 e. The predicted octanol–water partition coefficient (Wildman–Crippen LogP) is 2.91. The Morgan fingerprint density at radius 1 is 1.29 bits per heavy atom. The molecule has 3 rings (SSSR count). The molecular weight excluding hydrogens is 208 g/mol. The molecule has 1 aromatic heterocycles. The molecule has 1 fully saturated rings. The van der Waals surface area contributed by atoms with Crippen molar-refractivity contribution in [3.8, 4) is 0 Å². The van der Waals surface area contributed by atoms with Crippen LogP contribution in [0.3, 0.4) is 0 Å². The second-order valence-corrected chi connectivity index (χ2v) is 5.62. The van der Waals surface area contributed by atoms with E-state index in [1.807, 2.05) is 0 Å². The number of hydrogen-bond acceptors (Lipinski definition) is 1. The van der Waals surface area contributed by atoms with E-state index < -0.39 is 0 Å². The predicted molar refractivity (Wildman–Crippen MR) is 72.1 cm³/mol. The Morgan fingerprint density at radius 3 is 2.76 bits per heavy atom. The van der Waals surface area contributed by atoms with Gasteiger partial charge in [-0.15, -0.1) is 0 Å². The van der Waals surface area contributed by atoms with E-state index in [9.17, 15) is 0 Å². The first-order valence-corrected chi connectivity index (χ1v) is 6.41. The summed E-state index contributed by atoms with van der Waals surface area (Å²) in [4.78, 5) is 0. The van der Waals surface area contributed by atoms with Gasteiger partial charge in [0, 0.05) is 29.2 Å². The largest absolute Gasteiger partial charge is 0.348 e. The van der Waals surface area contributed by atoms with E-state index in [0.717, 1.165) is 12.8 Å². The zero-order valence-electron chi connectivity index (χ0n) is 10.7. The van der Waals surface area contributed by atoms with Crippen LogP contribution in [-0.2, 0) is 13.5 Å². The first kappa shape index (κ1) is 10.8. The number of benzene rings is 1. The lowest BCUT2D eigenvalue weighted by Gasteiger charge is -2.09. The highest BCUT2D eigenvalue weighted by Gasteiger charge is 2.37. The van der Waals surface area contributed by atoms with Crippen LogP contribution in [0.5, 0.6) is 0 Å². The molecule has 0 unspecified atom stereocenters. The van der Waals surface area contributed by atoms with Gasteiger partial charge >= 0.3 is 0 Å². The van der Waals surface area contributed by atoms with Crippen LogP contribution in [0.25, 0.3) is 10.9 Å². The molecule has 0 aliphatic heterocycles. The number of rotatable bonds is 3. The van der Waals surface area contributed by atoms with E-state index >= 15 is 0 Å². The van der Waals surface area contributed by atoms with Crippen molar-refractivity contribution in [1.82, 2.24) is 4.57 Å². The Morgan fingerprint density at radius 2 is 2.06 bits per heavy atom. The number of nitrogens with zero attached hydrogens (tertiary/aromatic N) is 1. The molecule has 2 aromatic rings. The minimum Gasteiger partial charge on any atom is -0.348 e. The van der Waals surface area contributed by atoms with Crippen LogP contribution in [0.1, 0.15) is 30.5 Å². The number of fused-ring (bicyclic) bond motifs is 1. The number of nitrogens with two attached hydrogens (primary N) is 1. The summed E-state index contributed by atoms with van der Waals surface area (Å²) >= 11 is 0. The standard InChI is InChI=1S/C15H20N2/c1-11-3-4-14-12(9-11)10-13(17(14)2)5-6-15(16)7-8-15/h3-4,9-10H,5-8,16H2,1-2H3. The SMILES string of the molecule is Cc1ccc2c(c1)cc(CCC1(N)CC1)n2C.